The molecule has 6 nitrogen and oxygen atoms in total. The molecule has 0 aromatic carbocycles. The molecule has 0 spiro atoms. The maximum Gasteiger partial charge on any atom is 0.246 e. The van der Waals surface area contributed by atoms with Crippen LogP contribution in [0.25, 0.3) is 0 Å². The highest BCUT2D eigenvalue weighted by Gasteiger charge is 2.31. The summed E-state index contributed by atoms with van der Waals surface area (Å²) >= 11 is 0. The third-order valence-electron chi connectivity index (χ3n) is 2.97. The molecule has 0 saturated carbocycles. The Kier molecular flexibility index (Phi) is 3.17. The fourth-order valence-corrected chi connectivity index (χ4v) is 3.65. The average molecular weight is 254 g/mol. The molecule has 2 heterocycles. The lowest BCUT2D eigenvalue weighted by atomic mass is 10.0. The molecule has 0 radical (unpaired) electrons. The van der Waals surface area contributed by atoms with E-state index < -0.39 is 10.0 Å². The molecule has 1 saturated heterocycles. The van der Waals surface area contributed by atoms with Crippen LogP contribution in [-0.2, 0) is 10.0 Å². The van der Waals surface area contributed by atoms with Crippen LogP contribution in [0.5, 0.6) is 0 Å². The second-order valence-corrected chi connectivity index (χ2v) is 6.10. The quantitative estimate of drug-likeness (QED) is 0.838. The molecule has 0 aliphatic carbocycles. The van der Waals surface area contributed by atoms with Crippen molar-refractivity contribution in [2.75, 3.05) is 13.1 Å². The van der Waals surface area contributed by atoms with Gasteiger partial charge in [0.15, 0.2) is 0 Å². The van der Waals surface area contributed by atoms with Crippen LogP contribution in [0.1, 0.15) is 18.5 Å². The number of hydrogen-bond acceptors (Lipinski definition) is 4. The zero-order valence-corrected chi connectivity index (χ0v) is 10.4. The van der Waals surface area contributed by atoms with Crippen molar-refractivity contribution in [1.82, 2.24) is 14.5 Å². The number of aryl methyl sites for hydroxylation is 1. The highest BCUT2D eigenvalue weighted by atomic mass is 32.2. The Morgan fingerprint density at radius 2 is 2.41 bits per heavy atom. The van der Waals surface area contributed by atoms with E-state index in [9.17, 15) is 8.42 Å². The van der Waals surface area contributed by atoms with E-state index in [1.807, 2.05) is 0 Å². The number of nitrogens with zero attached hydrogens (tertiary/aromatic N) is 3. The molecule has 1 unspecified atom stereocenters. The summed E-state index contributed by atoms with van der Waals surface area (Å²) in [4.78, 5) is 0.205. The van der Waals surface area contributed by atoms with E-state index in [4.69, 9.17) is 5.26 Å². The van der Waals surface area contributed by atoms with Gasteiger partial charge in [0.25, 0.3) is 0 Å². The molecule has 1 aliphatic heterocycles. The Hall–Kier alpha value is -1.39. The van der Waals surface area contributed by atoms with E-state index in [1.54, 1.807) is 6.92 Å². The van der Waals surface area contributed by atoms with Crippen LogP contribution in [-0.4, -0.2) is 36.0 Å². The molecule has 92 valence electrons. The second-order valence-electron chi connectivity index (χ2n) is 4.19. The van der Waals surface area contributed by atoms with Crippen molar-refractivity contribution in [3.8, 4) is 6.07 Å². The van der Waals surface area contributed by atoms with E-state index in [2.05, 4.69) is 16.3 Å². The van der Waals surface area contributed by atoms with Crippen LogP contribution in [0.2, 0.25) is 0 Å². The van der Waals surface area contributed by atoms with Crippen LogP contribution in [0.4, 0.5) is 0 Å². The van der Waals surface area contributed by atoms with Gasteiger partial charge in [-0.1, -0.05) is 0 Å². The zero-order chi connectivity index (χ0) is 12.5. The average Bonchev–Trinajstić information content (AvgIpc) is 2.76. The van der Waals surface area contributed by atoms with Gasteiger partial charge in [-0.15, -0.1) is 0 Å². The van der Waals surface area contributed by atoms with Gasteiger partial charge >= 0.3 is 0 Å². The Morgan fingerprint density at radius 1 is 1.65 bits per heavy atom. The lowest BCUT2D eigenvalue weighted by Crippen LogP contribution is -2.39. The van der Waals surface area contributed by atoms with Crippen LogP contribution in [0, 0.1) is 24.2 Å². The Balaban J connectivity index is 2.28. The summed E-state index contributed by atoms with van der Waals surface area (Å²) in [6, 6.07) is 2.14. The first-order chi connectivity index (χ1) is 8.05. The van der Waals surface area contributed by atoms with Crippen molar-refractivity contribution in [2.45, 2.75) is 24.7 Å². The first-order valence-electron chi connectivity index (χ1n) is 5.45. The first-order valence-corrected chi connectivity index (χ1v) is 6.89. The monoisotopic (exact) mass is 254 g/mol. The standard InChI is InChI=1S/C10H14N4O2S/c1-8-10(6-12-13-8)17(15,16)14-4-2-3-9(5-11)7-14/h6,9H,2-4,7H2,1H3,(H,12,13). The topological polar surface area (TPSA) is 89.8 Å². The molecule has 7 heteroatoms. The van der Waals surface area contributed by atoms with E-state index in [0.29, 0.717) is 12.2 Å². The summed E-state index contributed by atoms with van der Waals surface area (Å²) in [6.07, 6.45) is 2.82. The third kappa shape index (κ3) is 2.18. The van der Waals surface area contributed by atoms with Crippen LogP contribution >= 0.6 is 0 Å². The number of aromatic nitrogens is 2. The van der Waals surface area contributed by atoms with Gasteiger partial charge in [-0.05, 0) is 19.8 Å². The maximum atomic E-state index is 12.3. The van der Waals surface area contributed by atoms with Gasteiger partial charge in [0, 0.05) is 13.1 Å². The van der Waals surface area contributed by atoms with Crippen LogP contribution in [0.15, 0.2) is 11.1 Å². The van der Waals surface area contributed by atoms with Crippen molar-refractivity contribution in [3.05, 3.63) is 11.9 Å². The number of piperidine rings is 1. The predicted octanol–water partition coefficient (Wildman–Crippen LogP) is 0.642. The largest absolute Gasteiger partial charge is 0.281 e. The lowest BCUT2D eigenvalue weighted by molar-refractivity contribution is 0.305. The van der Waals surface area contributed by atoms with Gasteiger partial charge in [-0.2, -0.15) is 14.7 Å². The van der Waals surface area contributed by atoms with E-state index >= 15 is 0 Å². The van der Waals surface area contributed by atoms with Gasteiger partial charge in [-0.25, -0.2) is 8.42 Å². The summed E-state index contributed by atoms with van der Waals surface area (Å²) in [5.74, 6) is -0.203. The van der Waals surface area contributed by atoms with Crippen molar-refractivity contribution in [1.29, 1.82) is 5.26 Å². The normalized spacial score (nSPS) is 22.2. The molecule has 1 N–H and O–H groups in total. The number of nitrogens with one attached hydrogen (secondary N) is 1. The van der Waals surface area contributed by atoms with Gasteiger partial charge in [0.2, 0.25) is 10.0 Å². The number of H-pyrrole nitrogens is 1. The molecule has 2 rings (SSSR count). The third-order valence-corrected chi connectivity index (χ3v) is 4.95. The van der Waals surface area contributed by atoms with E-state index in [-0.39, 0.29) is 17.4 Å². The molecule has 1 aliphatic rings. The predicted molar refractivity (Wildman–Crippen MR) is 60.4 cm³/mol. The number of rotatable bonds is 2. The maximum absolute atomic E-state index is 12.3. The lowest BCUT2D eigenvalue weighted by Gasteiger charge is -2.28. The van der Waals surface area contributed by atoms with Gasteiger partial charge < -0.3 is 0 Å². The van der Waals surface area contributed by atoms with Gasteiger partial charge in [0.05, 0.1) is 23.9 Å². The summed E-state index contributed by atoms with van der Waals surface area (Å²) in [7, 11) is -3.50. The molecular formula is C10H14N4O2S. The number of aromatic amines is 1. The highest BCUT2D eigenvalue weighted by molar-refractivity contribution is 7.89. The minimum absolute atomic E-state index is 0.203. The van der Waals surface area contributed by atoms with Crippen molar-refractivity contribution < 1.29 is 8.42 Å². The summed E-state index contributed by atoms with van der Waals surface area (Å²) < 4.78 is 26.0. The van der Waals surface area contributed by atoms with Crippen molar-refractivity contribution in [2.24, 2.45) is 5.92 Å². The van der Waals surface area contributed by atoms with Crippen molar-refractivity contribution >= 4 is 10.0 Å². The smallest absolute Gasteiger partial charge is 0.246 e. The molecular weight excluding hydrogens is 240 g/mol. The number of sulfonamides is 1. The molecule has 1 aromatic heterocycles. The Labute approximate surface area is 100 Å². The second kappa shape index (κ2) is 4.47. The van der Waals surface area contributed by atoms with Gasteiger partial charge in [-0.3, -0.25) is 5.10 Å². The Bertz CT molecular complexity index is 543. The molecule has 0 bridgehead atoms. The summed E-state index contributed by atoms with van der Waals surface area (Å²) in [5.41, 5.74) is 0.532. The van der Waals surface area contributed by atoms with E-state index in [1.165, 1.54) is 10.5 Å². The molecule has 1 fully saturated rings. The van der Waals surface area contributed by atoms with Crippen LogP contribution < -0.4 is 0 Å². The minimum Gasteiger partial charge on any atom is -0.281 e. The fourth-order valence-electron chi connectivity index (χ4n) is 2.00. The molecule has 0 amide bonds. The summed E-state index contributed by atoms with van der Waals surface area (Å²) in [6.45, 7) is 2.43. The van der Waals surface area contributed by atoms with Crippen molar-refractivity contribution in [3.63, 3.8) is 0 Å². The Morgan fingerprint density at radius 3 is 3.00 bits per heavy atom. The fraction of sp³-hybridized carbons (Fsp3) is 0.600. The first kappa shape index (κ1) is 12.1. The van der Waals surface area contributed by atoms with Crippen LogP contribution in [0.3, 0.4) is 0 Å². The minimum atomic E-state index is -3.50. The summed E-state index contributed by atoms with van der Waals surface area (Å²) in [5, 5.41) is 15.2. The molecule has 17 heavy (non-hydrogen) atoms. The SMILES string of the molecule is Cc1[nH]ncc1S(=O)(=O)N1CCCC(C#N)C1. The zero-order valence-electron chi connectivity index (χ0n) is 9.55. The highest BCUT2D eigenvalue weighted by Crippen LogP contribution is 2.24. The molecule has 1 aromatic rings. The molecule has 1 atom stereocenters. The number of nitriles is 1. The van der Waals surface area contributed by atoms with E-state index in [0.717, 1.165) is 12.8 Å². The number of hydrogen-bond donors (Lipinski definition) is 1. The van der Waals surface area contributed by atoms with Gasteiger partial charge in [0.1, 0.15) is 4.90 Å².